The maximum Gasteiger partial charge on any atom is 0.272 e. The molecule has 32 heavy (non-hydrogen) atoms. The molecule has 0 aliphatic heterocycles. The number of fused-ring (bicyclic) bond motifs is 1. The van der Waals surface area contributed by atoms with Gasteiger partial charge in [0.15, 0.2) is 6.61 Å². The molecule has 0 atom stereocenters. The number of H-pyrrole nitrogens is 1. The average Bonchev–Trinajstić information content (AvgIpc) is 2.70. The summed E-state index contributed by atoms with van der Waals surface area (Å²) >= 11 is 0. The van der Waals surface area contributed by atoms with Gasteiger partial charge in [0.05, 0.1) is 5.52 Å². The minimum Gasteiger partial charge on any atom is -0.486 e. The molecule has 0 radical (unpaired) electrons. The third kappa shape index (κ3) is 5.81. The van der Waals surface area contributed by atoms with E-state index in [1.807, 2.05) is 20.8 Å². The molecular weight excluding hydrogens is 420 g/mol. The van der Waals surface area contributed by atoms with E-state index in [1.54, 1.807) is 43.3 Å². The molecule has 3 aromatic rings. The molecule has 0 saturated carbocycles. The van der Waals surface area contributed by atoms with Crippen molar-refractivity contribution >= 4 is 16.8 Å². The Morgan fingerprint density at radius 3 is 2.62 bits per heavy atom. The van der Waals surface area contributed by atoms with Crippen molar-refractivity contribution in [2.75, 3.05) is 13.2 Å². The molecular formula is C23H25F2N3O4. The molecule has 1 aromatic heterocycles. The van der Waals surface area contributed by atoms with Crippen molar-refractivity contribution in [1.29, 1.82) is 0 Å². The number of aromatic amines is 1. The Kier molecular flexibility index (Phi) is 6.76. The Morgan fingerprint density at radius 1 is 1.19 bits per heavy atom. The first-order chi connectivity index (χ1) is 15.0. The van der Waals surface area contributed by atoms with Crippen molar-refractivity contribution in [2.45, 2.75) is 39.7 Å². The fraction of sp³-hybridized carbons (Fsp3) is 0.348. The minimum absolute atomic E-state index is 0.0880. The molecule has 3 rings (SSSR count). The van der Waals surface area contributed by atoms with Crippen molar-refractivity contribution in [3.05, 3.63) is 52.3 Å². The Morgan fingerprint density at radius 2 is 1.94 bits per heavy atom. The Bertz CT molecular complexity index is 1190. The van der Waals surface area contributed by atoms with Gasteiger partial charge < -0.3 is 19.8 Å². The number of alkyl halides is 2. The molecule has 0 fully saturated rings. The van der Waals surface area contributed by atoms with E-state index in [0.29, 0.717) is 22.4 Å². The van der Waals surface area contributed by atoms with Gasteiger partial charge in [-0.05, 0) is 51.5 Å². The Hall–Kier alpha value is -3.49. The van der Waals surface area contributed by atoms with E-state index in [4.69, 9.17) is 9.47 Å². The fourth-order valence-corrected chi connectivity index (χ4v) is 3.11. The maximum atomic E-state index is 12.8. The van der Waals surface area contributed by atoms with Gasteiger partial charge in [-0.25, -0.2) is 13.8 Å². The van der Waals surface area contributed by atoms with E-state index in [-0.39, 0.29) is 35.0 Å². The minimum atomic E-state index is -2.66. The van der Waals surface area contributed by atoms with Gasteiger partial charge in [0.1, 0.15) is 29.3 Å². The van der Waals surface area contributed by atoms with Gasteiger partial charge in [0.2, 0.25) is 0 Å². The lowest BCUT2D eigenvalue weighted by Crippen LogP contribution is -2.43. The predicted molar refractivity (Wildman–Crippen MR) is 117 cm³/mol. The van der Waals surface area contributed by atoms with Gasteiger partial charge in [0, 0.05) is 11.1 Å². The fourth-order valence-electron chi connectivity index (χ4n) is 3.11. The van der Waals surface area contributed by atoms with Crippen LogP contribution in [0.2, 0.25) is 0 Å². The monoisotopic (exact) mass is 445 g/mol. The van der Waals surface area contributed by atoms with E-state index in [9.17, 15) is 18.4 Å². The second-order valence-electron chi connectivity index (χ2n) is 8.34. The molecule has 0 spiro atoms. The number of aromatic nitrogens is 2. The van der Waals surface area contributed by atoms with Crippen LogP contribution in [-0.2, 0) is 4.79 Å². The highest BCUT2D eigenvalue weighted by molar-refractivity contribution is 5.87. The van der Waals surface area contributed by atoms with Crippen LogP contribution in [0.4, 0.5) is 8.78 Å². The summed E-state index contributed by atoms with van der Waals surface area (Å²) in [7, 11) is 0. The molecule has 0 saturated heterocycles. The molecule has 2 aromatic carbocycles. The zero-order valence-electron chi connectivity index (χ0n) is 18.3. The van der Waals surface area contributed by atoms with Crippen LogP contribution in [0, 0.1) is 6.92 Å². The number of ether oxygens (including phenoxy) is 2. The first kappa shape index (κ1) is 23.2. The van der Waals surface area contributed by atoms with Gasteiger partial charge in [-0.3, -0.25) is 9.59 Å². The third-order valence-corrected chi connectivity index (χ3v) is 4.37. The number of carbonyl (C=O) groups is 1. The third-order valence-electron chi connectivity index (χ3n) is 4.37. The summed E-state index contributed by atoms with van der Waals surface area (Å²) in [4.78, 5) is 31.9. The second kappa shape index (κ2) is 9.33. The number of aryl methyl sites for hydroxylation is 1. The lowest BCUT2D eigenvalue weighted by Gasteiger charge is -2.20. The molecule has 7 nitrogen and oxygen atoms in total. The topological polar surface area (TPSA) is 93.3 Å². The average molecular weight is 445 g/mol. The number of rotatable bonds is 7. The zero-order valence-corrected chi connectivity index (χ0v) is 18.3. The summed E-state index contributed by atoms with van der Waals surface area (Å²) in [5.41, 5.74) is 0.561. The number of hydrogen-bond donors (Lipinski definition) is 2. The van der Waals surface area contributed by atoms with E-state index in [0.717, 1.165) is 0 Å². The van der Waals surface area contributed by atoms with Gasteiger partial charge in [0.25, 0.3) is 17.9 Å². The predicted octanol–water partition coefficient (Wildman–Crippen LogP) is 3.84. The molecule has 0 bridgehead atoms. The van der Waals surface area contributed by atoms with Crippen LogP contribution in [0.15, 0.2) is 41.2 Å². The molecule has 1 amide bonds. The van der Waals surface area contributed by atoms with Crippen molar-refractivity contribution in [3.8, 4) is 22.9 Å². The quantitative estimate of drug-likeness (QED) is 0.577. The molecule has 0 unspecified atom stereocenters. The van der Waals surface area contributed by atoms with Crippen LogP contribution in [0.5, 0.6) is 11.5 Å². The van der Waals surface area contributed by atoms with Gasteiger partial charge in [-0.2, -0.15) is 0 Å². The van der Waals surface area contributed by atoms with Crippen LogP contribution in [0.3, 0.4) is 0 Å². The van der Waals surface area contributed by atoms with Gasteiger partial charge >= 0.3 is 0 Å². The zero-order chi connectivity index (χ0) is 23.5. The Labute approximate surface area is 183 Å². The Balaban J connectivity index is 1.89. The lowest BCUT2D eigenvalue weighted by molar-refractivity contribution is -0.124. The number of nitrogens with one attached hydrogen (secondary N) is 2. The van der Waals surface area contributed by atoms with Crippen LogP contribution in [-0.4, -0.2) is 41.1 Å². The van der Waals surface area contributed by atoms with E-state index in [2.05, 4.69) is 15.3 Å². The first-order valence-electron chi connectivity index (χ1n) is 10.0. The maximum absolute atomic E-state index is 12.8. The van der Waals surface area contributed by atoms with Crippen LogP contribution >= 0.6 is 0 Å². The summed E-state index contributed by atoms with van der Waals surface area (Å²) in [6.45, 7) is 6.32. The summed E-state index contributed by atoms with van der Waals surface area (Å²) in [5.74, 6) is 0.534. The summed E-state index contributed by atoms with van der Waals surface area (Å²) < 4.78 is 36.0. The van der Waals surface area contributed by atoms with Gasteiger partial charge in [-0.15, -0.1) is 0 Å². The van der Waals surface area contributed by atoms with E-state index >= 15 is 0 Å². The number of nitrogens with zero attached hydrogens (tertiary/aromatic N) is 1. The molecule has 170 valence electrons. The molecule has 0 aliphatic carbocycles. The smallest absolute Gasteiger partial charge is 0.272 e. The molecule has 1 heterocycles. The van der Waals surface area contributed by atoms with Crippen LogP contribution in [0.25, 0.3) is 22.3 Å². The number of halogens is 2. The standard InChI is InChI=1S/C23H25F2N3O4/c1-13-8-9-16-19(20(13)32-11-17(24)25)22(30)27-21(26-16)14-6-5-7-15(10-14)31-12-18(29)28-23(2,3)4/h5-10,17H,11-12H2,1-4H3,(H,28,29)(H,26,27,30). The summed E-state index contributed by atoms with van der Waals surface area (Å²) in [5, 5.41) is 2.92. The normalized spacial score (nSPS) is 11.6. The lowest BCUT2D eigenvalue weighted by atomic mass is 10.1. The number of benzene rings is 2. The number of hydrogen-bond acceptors (Lipinski definition) is 5. The van der Waals surface area contributed by atoms with Crippen LogP contribution < -0.4 is 20.3 Å². The van der Waals surface area contributed by atoms with Crippen molar-refractivity contribution in [3.63, 3.8) is 0 Å². The SMILES string of the molecule is Cc1ccc2nc(-c3cccc(OCC(=O)NC(C)(C)C)c3)[nH]c(=O)c2c1OCC(F)F. The summed E-state index contributed by atoms with van der Waals surface area (Å²) in [6.07, 6.45) is -2.66. The van der Waals surface area contributed by atoms with Crippen molar-refractivity contribution in [2.24, 2.45) is 0 Å². The number of carbonyl (C=O) groups excluding carboxylic acids is 1. The van der Waals surface area contributed by atoms with E-state index < -0.39 is 18.6 Å². The highest BCUT2D eigenvalue weighted by Gasteiger charge is 2.16. The molecule has 2 N–H and O–H groups in total. The van der Waals surface area contributed by atoms with E-state index in [1.165, 1.54) is 0 Å². The highest BCUT2D eigenvalue weighted by atomic mass is 19.3. The van der Waals surface area contributed by atoms with Crippen molar-refractivity contribution in [1.82, 2.24) is 15.3 Å². The van der Waals surface area contributed by atoms with Crippen LogP contribution in [0.1, 0.15) is 26.3 Å². The van der Waals surface area contributed by atoms with Gasteiger partial charge in [-0.1, -0.05) is 18.2 Å². The van der Waals surface area contributed by atoms with Crippen molar-refractivity contribution < 1.29 is 23.0 Å². The second-order valence-corrected chi connectivity index (χ2v) is 8.34. The first-order valence-corrected chi connectivity index (χ1v) is 10.0. The summed E-state index contributed by atoms with van der Waals surface area (Å²) in [6, 6.07) is 10.1. The largest absolute Gasteiger partial charge is 0.486 e. The molecule has 9 heteroatoms. The highest BCUT2D eigenvalue weighted by Crippen LogP contribution is 2.28. The molecule has 0 aliphatic rings. The number of amides is 1.